The Bertz CT molecular complexity index is 215. The molecule has 0 aromatic carbocycles. The second-order valence-corrected chi connectivity index (χ2v) is 4.66. The number of hydrogen-bond donors (Lipinski definition) is 1. The molecule has 0 aromatic rings. The molecule has 0 fully saturated rings. The van der Waals surface area contributed by atoms with Gasteiger partial charge in [-0.2, -0.15) is 0 Å². The predicted octanol–water partition coefficient (Wildman–Crippen LogP) is 2.20. The van der Waals surface area contributed by atoms with Crippen molar-refractivity contribution >= 4 is 5.97 Å². The third kappa shape index (κ3) is 6.03. The van der Waals surface area contributed by atoms with Crippen molar-refractivity contribution in [2.24, 2.45) is 17.8 Å². The summed E-state index contributed by atoms with van der Waals surface area (Å²) in [6.07, 6.45) is -0.488. The molecule has 4 heteroatoms. The van der Waals surface area contributed by atoms with Crippen LogP contribution in [0.25, 0.3) is 0 Å². The number of rotatable bonds is 8. The van der Waals surface area contributed by atoms with E-state index in [1.807, 2.05) is 0 Å². The van der Waals surface area contributed by atoms with Crippen molar-refractivity contribution in [3.05, 3.63) is 0 Å². The fourth-order valence-electron chi connectivity index (χ4n) is 1.54. The van der Waals surface area contributed by atoms with E-state index in [9.17, 15) is 9.90 Å². The first kappa shape index (κ1) is 16.4. The molecule has 0 bridgehead atoms. The normalized spacial score (nSPS) is 16.6. The second kappa shape index (κ2) is 8.48. The van der Waals surface area contributed by atoms with Crippen molar-refractivity contribution in [1.82, 2.24) is 0 Å². The van der Waals surface area contributed by atoms with Gasteiger partial charge in [0.15, 0.2) is 6.29 Å². The van der Waals surface area contributed by atoms with Gasteiger partial charge in [0.25, 0.3) is 0 Å². The van der Waals surface area contributed by atoms with E-state index in [4.69, 9.17) is 9.47 Å². The molecule has 4 nitrogen and oxygen atoms in total. The molecule has 1 N–H and O–H groups in total. The van der Waals surface area contributed by atoms with Gasteiger partial charge in [0.2, 0.25) is 0 Å². The topological polar surface area (TPSA) is 55.8 Å². The summed E-state index contributed by atoms with van der Waals surface area (Å²) in [5, 5.41) is 9.81. The van der Waals surface area contributed by atoms with Gasteiger partial charge >= 0.3 is 5.97 Å². The number of ether oxygens (including phenoxy) is 2. The zero-order chi connectivity index (χ0) is 13.4. The number of carbonyl (C=O) groups is 1. The van der Waals surface area contributed by atoms with E-state index in [-0.39, 0.29) is 5.97 Å². The molecule has 102 valence electrons. The largest absolute Gasteiger partial charge is 0.466 e. The van der Waals surface area contributed by atoms with Gasteiger partial charge in [-0.3, -0.25) is 4.79 Å². The van der Waals surface area contributed by atoms with Crippen molar-refractivity contribution in [3.63, 3.8) is 0 Å². The lowest BCUT2D eigenvalue weighted by molar-refractivity contribution is -0.176. The van der Waals surface area contributed by atoms with E-state index in [1.54, 1.807) is 13.8 Å². The van der Waals surface area contributed by atoms with Gasteiger partial charge in [-0.25, -0.2) is 0 Å². The summed E-state index contributed by atoms with van der Waals surface area (Å²) in [7, 11) is 0. The lowest BCUT2D eigenvalue weighted by Gasteiger charge is -2.25. The molecule has 0 aromatic heterocycles. The minimum atomic E-state index is -1.07. The molecule has 0 saturated carbocycles. The van der Waals surface area contributed by atoms with Gasteiger partial charge in [0.05, 0.1) is 6.61 Å². The van der Waals surface area contributed by atoms with Crippen LogP contribution >= 0.6 is 0 Å². The predicted molar refractivity (Wildman–Crippen MR) is 66.4 cm³/mol. The third-order valence-corrected chi connectivity index (χ3v) is 3.03. The molecule has 0 spiro atoms. The van der Waals surface area contributed by atoms with Crippen LogP contribution < -0.4 is 0 Å². The van der Waals surface area contributed by atoms with Gasteiger partial charge < -0.3 is 14.6 Å². The van der Waals surface area contributed by atoms with E-state index >= 15 is 0 Å². The van der Waals surface area contributed by atoms with Crippen molar-refractivity contribution in [3.8, 4) is 0 Å². The first-order valence-electron chi connectivity index (χ1n) is 6.40. The summed E-state index contributed by atoms with van der Waals surface area (Å²) in [6.45, 7) is 10.5. The van der Waals surface area contributed by atoms with Gasteiger partial charge in [-0.15, -0.1) is 0 Å². The highest BCUT2D eigenvalue weighted by molar-refractivity contribution is 5.72. The maximum Gasteiger partial charge on any atom is 0.314 e. The van der Waals surface area contributed by atoms with Gasteiger partial charge in [-0.05, 0) is 32.1 Å². The Hall–Kier alpha value is -0.610. The Balaban J connectivity index is 4.54. The lowest BCUT2D eigenvalue weighted by atomic mass is 9.87. The summed E-state index contributed by atoms with van der Waals surface area (Å²) in [5.41, 5.74) is 0. The Morgan fingerprint density at radius 2 is 1.76 bits per heavy atom. The van der Waals surface area contributed by atoms with Crippen LogP contribution in [0.2, 0.25) is 0 Å². The zero-order valence-corrected chi connectivity index (χ0v) is 11.6. The van der Waals surface area contributed by atoms with Crippen LogP contribution in [0.15, 0.2) is 0 Å². The Morgan fingerprint density at radius 3 is 2.18 bits per heavy atom. The molecule has 0 aliphatic heterocycles. The molecular formula is C13H26O4. The summed E-state index contributed by atoms with van der Waals surface area (Å²) >= 11 is 0. The quantitative estimate of drug-likeness (QED) is 0.527. The maximum atomic E-state index is 11.8. The fourth-order valence-corrected chi connectivity index (χ4v) is 1.54. The first-order valence-corrected chi connectivity index (χ1v) is 6.40. The first-order chi connectivity index (χ1) is 7.93. The lowest BCUT2D eigenvalue weighted by Crippen LogP contribution is -2.34. The SMILES string of the molecule is CCOC(=O)C(CC(C)C(C)C)C(O)OCC. The molecule has 0 aliphatic carbocycles. The average molecular weight is 246 g/mol. The smallest absolute Gasteiger partial charge is 0.314 e. The highest BCUT2D eigenvalue weighted by Gasteiger charge is 2.30. The van der Waals surface area contributed by atoms with E-state index in [0.717, 1.165) is 0 Å². The zero-order valence-electron chi connectivity index (χ0n) is 11.6. The van der Waals surface area contributed by atoms with Crippen molar-refractivity contribution < 1.29 is 19.4 Å². The maximum absolute atomic E-state index is 11.8. The van der Waals surface area contributed by atoms with Crippen molar-refractivity contribution in [1.29, 1.82) is 0 Å². The van der Waals surface area contributed by atoms with Crippen LogP contribution in [-0.2, 0) is 14.3 Å². The second-order valence-electron chi connectivity index (χ2n) is 4.66. The average Bonchev–Trinajstić information content (AvgIpc) is 2.25. The van der Waals surface area contributed by atoms with E-state index in [0.29, 0.717) is 31.5 Å². The number of hydrogen-bond acceptors (Lipinski definition) is 4. The minimum absolute atomic E-state index is 0.324. The van der Waals surface area contributed by atoms with Gasteiger partial charge in [0.1, 0.15) is 5.92 Å². The fraction of sp³-hybridized carbons (Fsp3) is 0.923. The minimum Gasteiger partial charge on any atom is -0.466 e. The van der Waals surface area contributed by atoms with Gasteiger partial charge in [-0.1, -0.05) is 20.8 Å². The number of carbonyl (C=O) groups excluding carboxylic acids is 1. The van der Waals surface area contributed by atoms with Crippen molar-refractivity contribution in [2.75, 3.05) is 13.2 Å². The molecule has 0 amide bonds. The molecule has 0 rings (SSSR count). The molecule has 0 aliphatic rings. The molecule has 17 heavy (non-hydrogen) atoms. The summed E-state index contributed by atoms with van der Waals surface area (Å²) in [6, 6.07) is 0. The van der Waals surface area contributed by atoms with Crippen LogP contribution in [0.3, 0.4) is 0 Å². The van der Waals surface area contributed by atoms with Crippen LogP contribution in [0.5, 0.6) is 0 Å². The number of aliphatic hydroxyl groups is 1. The van der Waals surface area contributed by atoms with Crippen molar-refractivity contribution in [2.45, 2.75) is 47.3 Å². The third-order valence-electron chi connectivity index (χ3n) is 3.03. The molecule has 0 heterocycles. The van der Waals surface area contributed by atoms with Crippen LogP contribution in [0, 0.1) is 17.8 Å². The molecule has 3 atom stereocenters. The highest BCUT2D eigenvalue weighted by Crippen LogP contribution is 2.23. The monoisotopic (exact) mass is 246 g/mol. The summed E-state index contributed by atoms with van der Waals surface area (Å²) in [4.78, 5) is 11.8. The Morgan fingerprint density at radius 1 is 1.18 bits per heavy atom. The number of esters is 1. The number of aliphatic hydroxyl groups excluding tert-OH is 1. The Labute approximate surface area is 104 Å². The van der Waals surface area contributed by atoms with E-state index in [1.165, 1.54) is 0 Å². The summed E-state index contributed by atoms with van der Waals surface area (Å²) in [5.74, 6) is -0.173. The van der Waals surface area contributed by atoms with Crippen LogP contribution in [0.1, 0.15) is 41.0 Å². The van der Waals surface area contributed by atoms with E-state index < -0.39 is 12.2 Å². The van der Waals surface area contributed by atoms with Crippen LogP contribution in [-0.4, -0.2) is 30.6 Å². The molecule has 0 saturated heterocycles. The Kier molecular flexibility index (Phi) is 8.17. The molecular weight excluding hydrogens is 220 g/mol. The van der Waals surface area contributed by atoms with Gasteiger partial charge in [0, 0.05) is 6.61 Å². The highest BCUT2D eigenvalue weighted by atomic mass is 16.6. The summed E-state index contributed by atoms with van der Waals surface area (Å²) < 4.78 is 10.1. The molecule has 0 radical (unpaired) electrons. The van der Waals surface area contributed by atoms with E-state index in [2.05, 4.69) is 20.8 Å². The van der Waals surface area contributed by atoms with Crippen LogP contribution in [0.4, 0.5) is 0 Å². The molecule has 3 unspecified atom stereocenters. The standard InChI is InChI=1S/C13H26O4/c1-6-16-12(14)11(13(15)17-7-2)8-10(5)9(3)4/h9-12,14H,6-8H2,1-5H3.